The fraction of sp³-hybridized carbons (Fsp3) is 0.278. The number of nitrogens with one attached hydrogen (secondary N) is 1. The monoisotopic (exact) mass is 446 g/mol. The number of ether oxygens (including phenoxy) is 2. The molecule has 0 fully saturated rings. The molecular formula is C18H20Cl2N2O5S. The van der Waals surface area contributed by atoms with Crippen LogP contribution in [0.4, 0.5) is 5.69 Å². The topological polar surface area (TPSA) is 84.9 Å². The lowest BCUT2D eigenvalue weighted by molar-refractivity contribution is -0.116. The van der Waals surface area contributed by atoms with E-state index in [-0.39, 0.29) is 23.0 Å². The highest BCUT2D eigenvalue weighted by Gasteiger charge is 2.26. The standard InChI is InChI=1S/C18H20Cl2N2O5S/c1-4-22(28(24,25)13-6-8-17(27-3)15(20)10-13)11-18(23)21-12-5-7-16(26-2)14(19)9-12/h5-10H,4,11H2,1-3H3,(H,21,23). The first-order valence-electron chi connectivity index (χ1n) is 8.20. The number of hydrogen-bond acceptors (Lipinski definition) is 5. The van der Waals surface area contributed by atoms with E-state index in [9.17, 15) is 13.2 Å². The van der Waals surface area contributed by atoms with Crippen molar-refractivity contribution in [3.8, 4) is 11.5 Å². The number of sulfonamides is 1. The maximum Gasteiger partial charge on any atom is 0.243 e. The zero-order chi connectivity index (χ0) is 20.9. The van der Waals surface area contributed by atoms with E-state index in [1.165, 1.54) is 38.5 Å². The molecule has 0 aliphatic carbocycles. The number of rotatable bonds is 8. The van der Waals surface area contributed by atoms with Crippen molar-refractivity contribution in [2.45, 2.75) is 11.8 Å². The van der Waals surface area contributed by atoms with Gasteiger partial charge in [-0.05, 0) is 36.4 Å². The number of hydrogen-bond donors (Lipinski definition) is 1. The van der Waals surface area contributed by atoms with Gasteiger partial charge in [-0.3, -0.25) is 4.79 Å². The highest BCUT2D eigenvalue weighted by atomic mass is 35.5. The third-order valence-electron chi connectivity index (χ3n) is 3.87. The zero-order valence-electron chi connectivity index (χ0n) is 15.5. The van der Waals surface area contributed by atoms with Gasteiger partial charge in [-0.15, -0.1) is 0 Å². The molecule has 10 heteroatoms. The van der Waals surface area contributed by atoms with Crippen LogP contribution >= 0.6 is 23.2 Å². The Balaban J connectivity index is 2.17. The minimum atomic E-state index is -3.92. The van der Waals surface area contributed by atoms with Gasteiger partial charge >= 0.3 is 0 Å². The average Bonchev–Trinajstić information content (AvgIpc) is 2.66. The first-order valence-corrected chi connectivity index (χ1v) is 10.4. The summed E-state index contributed by atoms with van der Waals surface area (Å²) in [6.07, 6.45) is 0. The third kappa shape index (κ3) is 5.08. The van der Waals surface area contributed by atoms with Gasteiger partial charge in [-0.1, -0.05) is 30.1 Å². The molecule has 0 unspecified atom stereocenters. The first kappa shape index (κ1) is 22.3. The molecule has 2 rings (SSSR count). The van der Waals surface area contributed by atoms with E-state index < -0.39 is 15.9 Å². The summed E-state index contributed by atoms with van der Waals surface area (Å²) in [5.41, 5.74) is 0.428. The van der Waals surface area contributed by atoms with E-state index in [4.69, 9.17) is 32.7 Å². The van der Waals surface area contributed by atoms with Gasteiger partial charge < -0.3 is 14.8 Å². The number of halogens is 2. The second-order valence-electron chi connectivity index (χ2n) is 5.63. The summed E-state index contributed by atoms with van der Waals surface area (Å²) in [4.78, 5) is 12.3. The Hall–Kier alpha value is -2.00. The molecule has 0 bridgehead atoms. The number of likely N-dealkylation sites (N-methyl/N-ethyl adjacent to an activating group) is 1. The fourth-order valence-electron chi connectivity index (χ4n) is 2.43. The second-order valence-corrected chi connectivity index (χ2v) is 8.38. The van der Waals surface area contributed by atoms with Crippen LogP contribution in [0, 0.1) is 0 Å². The Morgan fingerprint density at radius 3 is 2.11 bits per heavy atom. The zero-order valence-corrected chi connectivity index (χ0v) is 17.9. The normalized spacial score (nSPS) is 11.4. The molecule has 1 amide bonds. The maximum atomic E-state index is 12.8. The average molecular weight is 447 g/mol. The van der Waals surface area contributed by atoms with Crippen LogP contribution in [0.1, 0.15) is 6.92 Å². The summed E-state index contributed by atoms with van der Waals surface area (Å²) < 4.78 is 36.8. The lowest BCUT2D eigenvalue weighted by atomic mass is 10.3. The quantitative estimate of drug-likeness (QED) is 0.668. The Labute approximate surface area is 174 Å². The van der Waals surface area contributed by atoms with E-state index in [0.717, 1.165) is 4.31 Å². The predicted octanol–water partition coefficient (Wildman–Crippen LogP) is 3.66. The Morgan fingerprint density at radius 1 is 1.04 bits per heavy atom. The van der Waals surface area contributed by atoms with E-state index in [2.05, 4.69) is 5.32 Å². The second kappa shape index (κ2) is 9.47. The highest BCUT2D eigenvalue weighted by Crippen LogP contribution is 2.29. The number of amides is 1. The fourth-order valence-corrected chi connectivity index (χ4v) is 4.44. The van der Waals surface area contributed by atoms with Crippen LogP contribution in [0.25, 0.3) is 0 Å². The summed E-state index contributed by atoms with van der Waals surface area (Å²) in [6, 6.07) is 8.86. The molecule has 7 nitrogen and oxygen atoms in total. The third-order valence-corrected chi connectivity index (χ3v) is 6.38. The lowest BCUT2D eigenvalue weighted by Gasteiger charge is -2.20. The molecule has 1 N–H and O–H groups in total. The van der Waals surface area contributed by atoms with E-state index in [1.807, 2.05) is 0 Å². The predicted molar refractivity (Wildman–Crippen MR) is 109 cm³/mol. The van der Waals surface area contributed by atoms with Crippen molar-refractivity contribution in [1.82, 2.24) is 4.31 Å². The van der Waals surface area contributed by atoms with Gasteiger partial charge in [0.2, 0.25) is 15.9 Å². The minimum Gasteiger partial charge on any atom is -0.495 e. The van der Waals surface area contributed by atoms with Crippen molar-refractivity contribution >= 4 is 44.8 Å². The van der Waals surface area contributed by atoms with Crippen molar-refractivity contribution in [2.75, 3.05) is 32.6 Å². The van der Waals surface area contributed by atoms with Gasteiger partial charge in [0.25, 0.3) is 0 Å². The molecule has 0 aromatic heterocycles. The van der Waals surface area contributed by atoms with Crippen molar-refractivity contribution in [3.05, 3.63) is 46.4 Å². The molecule has 0 spiro atoms. The van der Waals surface area contributed by atoms with Crippen LogP contribution in [0.5, 0.6) is 11.5 Å². The number of anilines is 1. The Morgan fingerprint density at radius 2 is 1.61 bits per heavy atom. The molecule has 0 aliphatic heterocycles. The number of methoxy groups -OCH3 is 2. The minimum absolute atomic E-state index is 0.0274. The lowest BCUT2D eigenvalue weighted by Crippen LogP contribution is -2.37. The van der Waals surface area contributed by atoms with E-state index in [1.54, 1.807) is 19.1 Å². The molecule has 28 heavy (non-hydrogen) atoms. The van der Waals surface area contributed by atoms with Crippen LogP contribution in [-0.4, -0.2) is 45.9 Å². The summed E-state index contributed by atoms with van der Waals surface area (Å²) in [5.74, 6) is 0.317. The molecule has 2 aromatic rings. The van der Waals surface area contributed by atoms with Gasteiger partial charge in [-0.25, -0.2) is 8.42 Å². The van der Waals surface area contributed by atoms with Gasteiger partial charge in [0.1, 0.15) is 11.5 Å². The molecule has 2 aromatic carbocycles. The van der Waals surface area contributed by atoms with Gasteiger partial charge in [-0.2, -0.15) is 4.31 Å². The number of benzene rings is 2. The van der Waals surface area contributed by atoms with E-state index in [0.29, 0.717) is 22.2 Å². The SMILES string of the molecule is CCN(CC(=O)Nc1ccc(OC)c(Cl)c1)S(=O)(=O)c1ccc(OC)c(Cl)c1. The summed E-state index contributed by atoms with van der Waals surface area (Å²) in [5, 5.41) is 3.11. The van der Waals surface area contributed by atoms with E-state index >= 15 is 0 Å². The largest absolute Gasteiger partial charge is 0.495 e. The summed E-state index contributed by atoms with van der Waals surface area (Å²) >= 11 is 12.1. The van der Waals surface area contributed by atoms with Crippen LogP contribution in [0.15, 0.2) is 41.3 Å². The van der Waals surface area contributed by atoms with Gasteiger partial charge in [0, 0.05) is 12.2 Å². The van der Waals surface area contributed by atoms with Gasteiger partial charge in [0.05, 0.1) is 35.7 Å². The number of nitrogens with zero attached hydrogens (tertiary/aromatic N) is 1. The maximum absolute atomic E-state index is 12.8. The number of carbonyl (C=O) groups excluding carboxylic acids is 1. The van der Waals surface area contributed by atoms with Crippen molar-refractivity contribution in [3.63, 3.8) is 0 Å². The van der Waals surface area contributed by atoms with Crippen molar-refractivity contribution in [2.24, 2.45) is 0 Å². The van der Waals surface area contributed by atoms with Crippen LogP contribution in [-0.2, 0) is 14.8 Å². The van der Waals surface area contributed by atoms with Crippen molar-refractivity contribution < 1.29 is 22.7 Å². The molecular weight excluding hydrogens is 427 g/mol. The first-order chi connectivity index (χ1) is 13.2. The smallest absolute Gasteiger partial charge is 0.243 e. The van der Waals surface area contributed by atoms with Crippen LogP contribution < -0.4 is 14.8 Å². The number of carbonyl (C=O) groups is 1. The molecule has 0 atom stereocenters. The van der Waals surface area contributed by atoms with Crippen LogP contribution in [0.3, 0.4) is 0 Å². The molecule has 0 saturated carbocycles. The Kier molecular flexibility index (Phi) is 7.54. The molecule has 0 radical (unpaired) electrons. The van der Waals surface area contributed by atoms with Gasteiger partial charge in [0.15, 0.2) is 0 Å². The Bertz CT molecular complexity index is 966. The molecule has 0 heterocycles. The molecule has 152 valence electrons. The summed E-state index contributed by atoms with van der Waals surface area (Å²) in [7, 11) is -1.00. The molecule has 0 aliphatic rings. The van der Waals surface area contributed by atoms with Crippen molar-refractivity contribution in [1.29, 1.82) is 0 Å². The summed E-state index contributed by atoms with van der Waals surface area (Å²) in [6.45, 7) is 1.37. The van der Waals surface area contributed by atoms with Crippen LogP contribution in [0.2, 0.25) is 10.0 Å². The highest BCUT2D eigenvalue weighted by molar-refractivity contribution is 7.89. The molecule has 0 saturated heterocycles.